The fourth-order valence-corrected chi connectivity index (χ4v) is 4.36. The number of nitrogens with two attached hydrogens (primary N) is 1. The van der Waals surface area contributed by atoms with Gasteiger partial charge in [-0.25, -0.2) is 0 Å². The van der Waals surface area contributed by atoms with E-state index < -0.39 is 12.1 Å². The van der Waals surface area contributed by atoms with Crippen molar-refractivity contribution >= 4 is 0 Å². The van der Waals surface area contributed by atoms with Crippen LogP contribution in [0.2, 0.25) is 0 Å². The van der Waals surface area contributed by atoms with Gasteiger partial charge in [-0.1, -0.05) is 0 Å². The average Bonchev–Trinajstić information content (AvgIpc) is 2.55. The molecule has 1 aliphatic heterocycles. The Morgan fingerprint density at radius 2 is 1.57 bits per heavy atom. The molecule has 2 unspecified atom stereocenters. The maximum absolute atomic E-state index is 12.7. The molecule has 0 spiro atoms. The van der Waals surface area contributed by atoms with Crippen molar-refractivity contribution in [1.29, 1.82) is 0 Å². The summed E-state index contributed by atoms with van der Waals surface area (Å²) in [5.74, 6) is -0.740. The summed E-state index contributed by atoms with van der Waals surface area (Å²) in [7, 11) is 0. The molecule has 0 radical (unpaired) electrons. The van der Waals surface area contributed by atoms with Gasteiger partial charge in [-0.2, -0.15) is 13.2 Å². The molecule has 2 nitrogen and oxygen atoms in total. The molecule has 1 saturated carbocycles. The van der Waals surface area contributed by atoms with E-state index in [2.05, 4.69) is 13.8 Å². The maximum Gasteiger partial charge on any atom is 0.391 e. The molecule has 1 aliphatic carbocycles. The van der Waals surface area contributed by atoms with E-state index in [0.717, 1.165) is 6.42 Å². The molecule has 21 heavy (non-hydrogen) atoms. The molecule has 1 saturated heterocycles. The summed E-state index contributed by atoms with van der Waals surface area (Å²) in [6.07, 6.45) is -1.57. The van der Waals surface area contributed by atoms with Gasteiger partial charge in [-0.05, 0) is 65.7 Å². The molecular formula is C16H28F3NO. The zero-order valence-corrected chi connectivity index (χ0v) is 13.5. The summed E-state index contributed by atoms with van der Waals surface area (Å²) in [6.45, 7) is 8.21. The van der Waals surface area contributed by atoms with Crippen LogP contribution in [0.3, 0.4) is 0 Å². The van der Waals surface area contributed by atoms with E-state index >= 15 is 0 Å². The second kappa shape index (κ2) is 5.41. The van der Waals surface area contributed by atoms with Crippen molar-refractivity contribution in [2.45, 2.75) is 83.2 Å². The van der Waals surface area contributed by atoms with Crippen LogP contribution in [0.15, 0.2) is 0 Å². The average molecular weight is 307 g/mol. The molecule has 2 aliphatic rings. The van der Waals surface area contributed by atoms with Gasteiger partial charge in [-0.3, -0.25) is 0 Å². The highest BCUT2D eigenvalue weighted by Gasteiger charge is 2.50. The van der Waals surface area contributed by atoms with Crippen LogP contribution in [0, 0.1) is 17.8 Å². The van der Waals surface area contributed by atoms with Crippen LogP contribution in [0.4, 0.5) is 13.2 Å². The zero-order valence-electron chi connectivity index (χ0n) is 13.5. The summed E-state index contributed by atoms with van der Waals surface area (Å²) in [6, 6.07) is -0.0732. The quantitative estimate of drug-likeness (QED) is 0.826. The van der Waals surface area contributed by atoms with Crippen LogP contribution >= 0.6 is 0 Å². The van der Waals surface area contributed by atoms with Crippen molar-refractivity contribution in [3.8, 4) is 0 Å². The number of hydrogen-bond acceptors (Lipinski definition) is 2. The van der Waals surface area contributed by atoms with E-state index in [-0.39, 0.29) is 41.9 Å². The van der Waals surface area contributed by atoms with Crippen LogP contribution < -0.4 is 5.73 Å². The minimum absolute atomic E-state index is 0.0732. The minimum Gasteiger partial charge on any atom is -0.369 e. The molecule has 5 heteroatoms. The van der Waals surface area contributed by atoms with Crippen molar-refractivity contribution in [1.82, 2.24) is 0 Å². The smallest absolute Gasteiger partial charge is 0.369 e. The Balaban J connectivity index is 1.98. The highest BCUT2D eigenvalue weighted by Crippen LogP contribution is 2.47. The van der Waals surface area contributed by atoms with E-state index in [9.17, 15) is 13.2 Å². The van der Waals surface area contributed by atoms with Crippen LogP contribution in [0.1, 0.15) is 59.8 Å². The lowest BCUT2D eigenvalue weighted by molar-refractivity contribution is -0.184. The van der Waals surface area contributed by atoms with E-state index in [0.29, 0.717) is 12.8 Å². The van der Waals surface area contributed by atoms with E-state index in [1.165, 1.54) is 0 Å². The third-order valence-electron chi connectivity index (χ3n) is 5.39. The molecular weight excluding hydrogens is 279 g/mol. The first-order valence-corrected chi connectivity index (χ1v) is 7.95. The fourth-order valence-electron chi connectivity index (χ4n) is 4.36. The molecule has 0 bridgehead atoms. The number of hydrogen-bond donors (Lipinski definition) is 1. The molecule has 0 aromatic heterocycles. The highest BCUT2D eigenvalue weighted by atomic mass is 19.4. The minimum atomic E-state index is -4.05. The van der Waals surface area contributed by atoms with Gasteiger partial charge in [0.15, 0.2) is 0 Å². The van der Waals surface area contributed by atoms with Crippen LogP contribution in [0.25, 0.3) is 0 Å². The van der Waals surface area contributed by atoms with Gasteiger partial charge in [0, 0.05) is 12.0 Å². The Morgan fingerprint density at radius 1 is 1.05 bits per heavy atom. The molecule has 124 valence electrons. The summed E-state index contributed by atoms with van der Waals surface area (Å²) in [5, 5.41) is 0. The van der Waals surface area contributed by atoms with Gasteiger partial charge in [0.2, 0.25) is 0 Å². The Bertz CT molecular complexity index is 370. The van der Waals surface area contributed by atoms with Crippen molar-refractivity contribution in [2.75, 3.05) is 0 Å². The van der Waals surface area contributed by atoms with Crippen molar-refractivity contribution in [3.05, 3.63) is 0 Å². The van der Waals surface area contributed by atoms with Crippen molar-refractivity contribution < 1.29 is 17.9 Å². The van der Waals surface area contributed by atoms with Crippen LogP contribution in [-0.4, -0.2) is 23.4 Å². The van der Waals surface area contributed by atoms with E-state index in [1.54, 1.807) is 0 Å². The number of rotatable bonds is 2. The van der Waals surface area contributed by atoms with Crippen LogP contribution in [0.5, 0.6) is 0 Å². The number of ether oxygens (including phenoxy) is 1. The normalized spacial score (nSPS) is 37.4. The molecule has 2 rings (SSSR count). The summed E-state index contributed by atoms with van der Waals surface area (Å²) < 4.78 is 44.3. The first-order valence-electron chi connectivity index (χ1n) is 7.95. The SMILES string of the molecule is CC1(C)CC(C(N)C2CCC(C(F)(F)F)CC2)C(C)(C)O1. The topological polar surface area (TPSA) is 35.2 Å². The van der Waals surface area contributed by atoms with Gasteiger partial charge in [0.1, 0.15) is 0 Å². The van der Waals surface area contributed by atoms with Crippen molar-refractivity contribution in [2.24, 2.45) is 23.5 Å². The lowest BCUT2D eigenvalue weighted by Crippen LogP contribution is -2.47. The van der Waals surface area contributed by atoms with Gasteiger partial charge >= 0.3 is 6.18 Å². The van der Waals surface area contributed by atoms with E-state index in [4.69, 9.17) is 10.5 Å². The summed E-state index contributed by atoms with van der Waals surface area (Å²) >= 11 is 0. The fraction of sp³-hybridized carbons (Fsp3) is 1.00. The largest absolute Gasteiger partial charge is 0.391 e. The third kappa shape index (κ3) is 3.73. The molecule has 0 aromatic carbocycles. The first-order chi connectivity index (χ1) is 9.42. The molecule has 0 aromatic rings. The predicted octanol–water partition coefficient (Wildman–Crippen LogP) is 4.28. The standard InChI is InChI=1S/C16H28F3NO/c1-14(2)9-12(15(3,4)21-14)13(20)10-5-7-11(8-6-10)16(17,18)19/h10-13H,5-9,20H2,1-4H3. The first kappa shape index (κ1) is 17.1. The third-order valence-corrected chi connectivity index (χ3v) is 5.39. The van der Waals surface area contributed by atoms with Crippen molar-refractivity contribution in [3.63, 3.8) is 0 Å². The monoisotopic (exact) mass is 307 g/mol. The Hall–Kier alpha value is -0.290. The maximum atomic E-state index is 12.7. The molecule has 2 fully saturated rings. The Kier molecular flexibility index (Phi) is 4.40. The molecule has 0 amide bonds. The zero-order chi connectivity index (χ0) is 16.1. The second-order valence-corrected chi connectivity index (χ2v) is 8.01. The van der Waals surface area contributed by atoms with Gasteiger partial charge in [-0.15, -0.1) is 0 Å². The summed E-state index contributed by atoms with van der Waals surface area (Å²) in [4.78, 5) is 0. The lowest BCUT2D eigenvalue weighted by Gasteiger charge is -2.38. The van der Waals surface area contributed by atoms with Crippen LogP contribution in [-0.2, 0) is 4.74 Å². The number of halogens is 3. The van der Waals surface area contributed by atoms with E-state index in [1.807, 2.05) is 13.8 Å². The predicted molar refractivity (Wildman–Crippen MR) is 76.8 cm³/mol. The highest BCUT2D eigenvalue weighted by molar-refractivity contribution is 5.01. The molecule has 2 N–H and O–H groups in total. The molecule has 1 heterocycles. The second-order valence-electron chi connectivity index (χ2n) is 8.01. The molecule has 2 atom stereocenters. The van der Waals surface area contributed by atoms with Gasteiger partial charge in [0.05, 0.1) is 17.1 Å². The Labute approximate surface area is 125 Å². The lowest BCUT2D eigenvalue weighted by atomic mass is 9.70. The Morgan fingerprint density at radius 3 is 1.95 bits per heavy atom. The summed E-state index contributed by atoms with van der Waals surface area (Å²) in [5.41, 5.74) is 5.94. The van der Waals surface area contributed by atoms with Gasteiger partial charge in [0.25, 0.3) is 0 Å². The number of alkyl halides is 3. The van der Waals surface area contributed by atoms with Gasteiger partial charge < -0.3 is 10.5 Å².